The van der Waals surface area contributed by atoms with Gasteiger partial charge < -0.3 is 0 Å². The molecule has 2 aromatic rings. The van der Waals surface area contributed by atoms with Crippen molar-refractivity contribution in [3.05, 3.63) is 47.6 Å². The summed E-state index contributed by atoms with van der Waals surface area (Å²) in [4.78, 5) is 0.960. The Hall–Kier alpha value is -1.15. The maximum atomic E-state index is 12.6. The van der Waals surface area contributed by atoms with Crippen molar-refractivity contribution in [3.8, 4) is 10.4 Å². The molecule has 1 radical (unpaired) electrons. The molecule has 0 aliphatic carbocycles. The number of hydrogen-bond acceptors (Lipinski definition) is 1. The lowest BCUT2D eigenvalue weighted by atomic mass is 10.2. The molecule has 0 aliphatic rings. The third-order valence-electron chi connectivity index (χ3n) is 1.57. The summed E-state index contributed by atoms with van der Waals surface area (Å²) in [6, 6.07) is 12.0. The van der Waals surface area contributed by atoms with Crippen molar-refractivity contribution in [1.82, 2.24) is 0 Å². The largest absolute Gasteiger partial charge is 0.206 e. The number of thiophene rings is 1. The number of halogens is 1. The minimum atomic E-state index is -0.164. The summed E-state index contributed by atoms with van der Waals surface area (Å²) in [6.45, 7) is 0. The van der Waals surface area contributed by atoms with Gasteiger partial charge in [0.25, 0.3) is 0 Å². The zero-order chi connectivity index (χ0) is 8.39. The first-order valence-corrected chi connectivity index (χ1v) is 4.45. The fourth-order valence-electron chi connectivity index (χ4n) is 1.02. The molecular formula is C10H6FS. The fraction of sp³-hybridized carbons (Fsp3) is 0. The Balaban J connectivity index is 2.45. The quantitative estimate of drug-likeness (QED) is 0.626. The number of rotatable bonds is 1. The van der Waals surface area contributed by atoms with Crippen LogP contribution in [-0.2, 0) is 0 Å². The van der Waals surface area contributed by atoms with Gasteiger partial charge in [0.15, 0.2) is 0 Å². The highest BCUT2D eigenvalue weighted by Gasteiger charge is 1.99. The second kappa shape index (κ2) is 3.07. The number of hydrogen-bond donors (Lipinski definition) is 0. The van der Waals surface area contributed by atoms with E-state index in [9.17, 15) is 4.39 Å². The Morgan fingerprint density at radius 3 is 2.58 bits per heavy atom. The van der Waals surface area contributed by atoms with E-state index in [0.29, 0.717) is 0 Å². The van der Waals surface area contributed by atoms with Crippen LogP contribution >= 0.6 is 11.3 Å². The van der Waals surface area contributed by atoms with Gasteiger partial charge in [0.1, 0.15) is 5.82 Å². The number of benzene rings is 1. The average Bonchev–Trinajstić information content (AvgIpc) is 2.54. The molecule has 1 aromatic heterocycles. The molecule has 0 fully saturated rings. The highest BCUT2D eigenvalue weighted by atomic mass is 32.1. The van der Waals surface area contributed by atoms with Crippen molar-refractivity contribution in [1.29, 1.82) is 0 Å². The van der Waals surface area contributed by atoms with Crippen LogP contribution < -0.4 is 0 Å². The molecule has 0 aliphatic heterocycles. The van der Waals surface area contributed by atoms with Gasteiger partial charge in [-0.2, -0.15) is 0 Å². The van der Waals surface area contributed by atoms with Crippen LogP contribution in [-0.4, -0.2) is 0 Å². The van der Waals surface area contributed by atoms with Crippen molar-refractivity contribution < 1.29 is 4.39 Å². The lowest BCUT2D eigenvalue weighted by Crippen LogP contribution is -1.68. The van der Waals surface area contributed by atoms with E-state index >= 15 is 0 Å². The predicted molar refractivity (Wildman–Crippen MR) is 48.5 cm³/mol. The van der Waals surface area contributed by atoms with Gasteiger partial charge in [-0.3, -0.25) is 0 Å². The molecule has 2 heteroatoms. The monoisotopic (exact) mass is 177 g/mol. The van der Waals surface area contributed by atoms with Gasteiger partial charge in [-0.15, -0.1) is 11.3 Å². The van der Waals surface area contributed by atoms with E-state index < -0.39 is 0 Å². The Bertz CT molecular complexity index is 364. The minimum absolute atomic E-state index is 0.164. The molecule has 0 amide bonds. The van der Waals surface area contributed by atoms with Crippen LogP contribution in [0.5, 0.6) is 0 Å². The van der Waals surface area contributed by atoms with Crippen molar-refractivity contribution in [2.75, 3.05) is 0 Å². The Labute approximate surface area is 74.3 Å². The SMILES string of the molecule is Fc1csc(-c2cc[c]cc2)c1. The molecule has 0 unspecified atom stereocenters. The van der Waals surface area contributed by atoms with Crippen molar-refractivity contribution in [3.63, 3.8) is 0 Å². The molecular weight excluding hydrogens is 171 g/mol. The maximum absolute atomic E-state index is 12.6. The molecule has 59 valence electrons. The smallest absolute Gasteiger partial charge is 0.134 e. The molecule has 0 N–H and O–H groups in total. The van der Waals surface area contributed by atoms with Crippen molar-refractivity contribution in [2.45, 2.75) is 0 Å². The van der Waals surface area contributed by atoms with E-state index in [2.05, 4.69) is 6.07 Å². The molecule has 0 atom stereocenters. The lowest BCUT2D eigenvalue weighted by molar-refractivity contribution is 0.633. The van der Waals surface area contributed by atoms with Gasteiger partial charge in [0.05, 0.1) is 0 Å². The van der Waals surface area contributed by atoms with Gasteiger partial charge >= 0.3 is 0 Å². The van der Waals surface area contributed by atoms with Gasteiger partial charge in [-0.1, -0.05) is 24.3 Å². The summed E-state index contributed by atoms with van der Waals surface area (Å²) < 4.78 is 12.6. The Morgan fingerprint density at radius 1 is 1.25 bits per heavy atom. The first-order valence-electron chi connectivity index (χ1n) is 3.57. The van der Waals surface area contributed by atoms with E-state index in [1.807, 2.05) is 24.3 Å². The summed E-state index contributed by atoms with van der Waals surface area (Å²) in [5, 5.41) is 1.51. The molecule has 0 bridgehead atoms. The van der Waals surface area contributed by atoms with E-state index in [-0.39, 0.29) is 5.82 Å². The third-order valence-corrected chi connectivity index (χ3v) is 2.52. The molecule has 1 aromatic carbocycles. The summed E-state index contributed by atoms with van der Waals surface area (Å²) >= 11 is 1.41. The predicted octanol–water partition coefficient (Wildman–Crippen LogP) is 3.35. The molecule has 0 nitrogen and oxygen atoms in total. The summed E-state index contributed by atoms with van der Waals surface area (Å²) in [7, 11) is 0. The molecule has 0 saturated heterocycles. The molecule has 0 saturated carbocycles. The maximum Gasteiger partial charge on any atom is 0.134 e. The molecule has 1 heterocycles. The zero-order valence-corrected chi connectivity index (χ0v) is 7.07. The average molecular weight is 177 g/mol. The standard InChI is InChI=1S/C10H6FS/c11-9-6-10(12-7-9)8-4-2-1-3-5-8/h2-7H. The van der Waals surface area contributed by atoms with E-state index in [1.165, 1.54) is 16.7 Å². The summed E-state index contributed by atoms with van der Waals surface area (Å²) in [6.07, 6.45) is 0. The van der Waals surface area contributed by atoms with Crippen LogP contribution in [0.25, 0.3) is 10.4 Å². The summed E-state index contributed by atoms with van der Waals surface area (Å²) in [5.74, 6) is -0.164. The van der Waals surface area contributed by atoms with Gasteiger partial charge in [0.2, 0.25) is 0 Å². The highest BCUT2D eigenvalue weighted by molar-refractivity contribution is 7.13. The Kier molecular flexibility index (Phi) is 1.92. The first kappa shape index (κ1) is 7.50. The molecule has 2 rings (SSSR count). The van der Waals surface area contributed by atoms with Gasteiger partial charge in [-0.25, -0.2) is 4.39 Å². The molecule has 0 spiro atoms. The fourth-order valence-corrected chi connectivity index (χ4v) is 1.78. The summed E-state index contributed by atoms with van der Waals surface area (Å²) in [5.41, 5.74) is 1.04. The zero-order valence-electron chi connectivity index (χ0n) is 6.25. The normalized spacial score (nSPS) is 10.1. The van der Waals surface area contributed by atoms with Crippen LogP contribution in [0.15, 0.2) is 35.7 Å². The minimum Gasteiger partial charge on any atom is -0.206 e. The topological polar surface area (TPSA) is 0 Å². The van der Waals surface area contributed by atoms with Crippen LogP contribution in [0.3, 0.4) is 0 Å². The van der Waals surface area contributed by atoms with E-state index in [4.69, 9.17) is 0 Å². The second-order valence-electron chi connectivity index (χ2n) is 2.42. The van der Waals surface area contributed by atoms with Crippen molar-refractivity contribution >= 4 is 11.3 Å². The van der Waals surface area contributed by atoms with Crippen LogP contribution in [0, 0.1) is 11.9 Å². The van der Waals surface area contributed by atoms with E-state index in [0.717, 1.165) is 10.4 Å². The van der Waals surface area contributed by atoms with Gasteiger partial charge in [0, 0.05) is 10.3 Å². The van der Waals surface area contributed by atoms with Gasteiger partial charge in [-0.05, 0) is 17.7 Å². The van der Waals surface area contributed by atoms with Crippen LogP contribution in [0.4, 0.5) is 4.39 Å². The second-order valence-corrected chi connectivity index (χ2v) is 3.33. The first-order chi connectivity index (χ1) is 5.86. The highest BCUT2D eigenvalue weighted by Crippen LogP contribution is 2.25. The van der Waals surface area contributed by atoms with Crippen molar-refractivity contribution in [2.24, 2.45) is 0 Å². The van der Waals surface area contributed by atoms with Crippen LogP contribution in [0.2, 0.25) is 0 Å². The van der Waals surface area contributed by atoms with Crippen LogP contribution in [0.1, 0.15) is 0 Å². The lowest BCUT2D eigenvalue weighted by Gasteiger charge is -1.92. The Morgan fingerprint density at radius 2 is 2.00 bits per heavy atom. The third kappa shape index (κ3) is 1.38. The molecule has 12 heavy (non-hydrogen) atoms. The van der Waals surface area contributed by atoms with E-state index in [1.54, 1.807) is 6.07 Å².